The standard InChI is InChI=1S/2C60H36N2/c1-3-17-46-42(13-1)44-15-5-7-19-48(44)56-32-39(27-29-51(46)56)55-35-59(40-28-30-52-47-18-4-2-14-43(47)45-16-6-8-20-49(45)57(52)33-40)62-60-53-22-10-9-21-50(53)54(34-58(55)60)38-25-23-37(24-26-38)41-12-11-31-61-36-41;1-3-15-46-42(11-1)44-13-5-7-17-48(44)56-33-40(25-27-51(46)56)55-36-59(41-26-28-52-47-16-4-2-12-43(47)45-14-6-8-18-49(45)57(52)34-41)62-60-53-20-10-9-19-50(53)54(35-58(55)60)39-23-21-37(22-24-39)38-29-31-61-32-30-38/h2*1-36H. The van der Waals surface area contributed by atoms with Gasteiger partial charge in [-0.2, -0.15) is 0 Å². The van der Waals surface area contributed by atoms with Crippen molar-refractivity contribution in [1.29, 1.82) is 0 Å². The molecule has 4 nitrogen and oxygen atoms in total. The molecule has 0 radical (unpaired) electrons. The van der Waals surface area contributed by atoms with Gasteiger partial charge in [0.05, 0.1) is 22.4 Å². The molecule has 572 valence electrons. The van der Waals surface area contributed by atoms with Gasteiger partial charge >= 0.3 is 0 Å². The van der Waals surface area contributed by atoms with E-state index in [0.29, 0.717) is 0 Å². The molecule has 0 fully saturated rings. The van der Waals surface area contributed by atoms with Crippen LogP contribution in [0.4, 0.5) is 0 Å². The summed E-state index contributed by atoms with van der Waals surface area (Å²) in [7, 11) is 0. The van der Waals surface area contributed by atoms with Gasteiger partial charge in [0.1, 0.15) is 0 Å². The van der Waals surface area contributed by atoms with Crippen molar-refractivity contribution in [3.63, 3.8) is 0 Å². The van der Waals surface area contributed by atoms with E-state index in [1.165, 1.54) is 162 Å². The van der Waals surface area contributed by atoms with Crippen molar-refractivity contribution in [1.82, 2.24) is 19.9 Å². The predicted molar refractivity (Wildman–Crippen MR) is 528 cm³/mol. The van der Waals surface area contributed by atoms with E-state index in [9.17, 15) is 0 Å². The molecule has 0 aliphatic carbocycles. The van der Waals surface area contributed by atoms with E-state index in [0.717, 1.165) is 99.6 Å². The van der Waals surface area contributed by atoms with Gasteiger partial charge < -0.3 is 0 Å². The van der Waals surface area contributed by atoms with E-state index in [1.807, 2.05) is 30.9 Å². The summed E-state index contributed by atoms with van der Waals surface area (Å²) in [4.78, 5) is 19.9. The molecular weight excluding hydrogens is 1500 g/mol. The van der Waals surface area contributed by atoms with Crippen LogP contribution >= 0.6 is 0 Å². The quantitative estimate of drug-likeness (QED) is 0.142. The van der Waals surface area contributed by atoms with E-state index >= 15 is 0 Å². The van der Waals surface area contributed by atoms with Crippen LogP contribution in [0.1, 0.15) is 0 Å². The summed E-state index contributed by atoms with van der Waals surface area (Å²) in [6, 6.07) is 152. The maximum absolute atomic E-state index is 5.64. The van der Waals surface area contributed by atoms with Gasteiger partial charge in [-0.1, -0.05) is 346 Å². The van der Waals surface area contributed by atoms with E-state index in [4.69, 9.17) is 9.97 Å². The number of hydrogen-bond acceptors (Lipinski definition) is 4. The van der Waals surface area contributed by atoms with Crippen LogP contribution in [0.3, 0.4) is 0 Å². The molecule has 0 unspecified atom stereocenters. The molecule has 4 heterocycles. The Bertz CT molecular complexity index is 8310. The normalized spacial score (nSPS) is 11.9. The molecule has 0 atom stereocenters. The Morgan fingerprint density at radius 2 is 0.355 bits per heavy atom. The molecule has 0 amide bonds. The van der Waals surface area contributed by atoms with Crippen LogP contribution in [0.15, 0.2) is 437 Å². The number of benzene rings is 22. The monoisotopic (exact) mass is 1570 g/mol. The third kappa shape index (κ3) is 11.5. The molecule has 0 aliphatic heterocycles. The summed E-state index contributed by atoms with van der Waals surface area (Å²) in [5.74, 6) is 0. The molecule has 0 N–H and O–H groups in total. The minimum Gasteiger partial charge on any atom is -0.265 e. The number of hydrogen-bond donors (Lipinski definition) is 0. The van der Waals surface area contributed by atoms with E-state index < -0.39 is 0 Å². The molecule has 124 heavy (non-hydrogen) atoms. The number of nitrogens with zero attached hydrogens (tertiary/aromatic N) is 4. The van der Waals surface area contributed by atoms with E-state index in [1.54, 1.807) is 0 Å². The molecule has 0 aliphatic rings. The van der Waals surface area contributed by atoms with Crippen LogP contribution in [0.25, 0.3) is 262 Å². The molecule has 0 saturated heterocycles. The van der Waals surface area contributed by atoms with Crippen LogP contribution < -0.4 is 0 Å². The maximum Gasteiger partial charge on any atom is 0.0794 e. The van der Waals surface area contributed by atoms with Gasteiger partial charge in [-0.25, -0.2) is 9.97 Å². The summed E-state index contributed by atoms with van der Waals surface area (Å²) in [6.07, 6.45) is 7.44. The summed E-state index contributed by atoms with van der Waals surface area (Å²) >= 11 is 0. The first-order valence-electron chi connectivity index (χ1n) is 42.6. The van der Waals surface area contributed by atoms with Crippen molar-refractivity contribution in [2.75, 3.05) is 0 Å². The molecule has 4 aromatic heterocycles. The largest absolute Gasteiger partial charge is 0.265 e. The van der Waals surface area contributed by atoms with Crippen LogP contribution in [-0.2, 0) is 0 Å². The van der Waals surface area contributed by atoms with Crippen molar-refractivity contribution < 1.29 is 0 Å². The van der Waals surface area contributed by atoms with Crippen molar-refractivity contribution in [3.8, 4) is 89.3 Å². The Morgan fingerprint density at radius 1 is 0.121 bits per heavy atom. The summed E-state index contributed by atoms with van der Waals surface area (Å²) in [6.45, 7) is 0. The van der Waals surface area contributed by atoms with Crippen LogP contribution in [0.2, 0.25) is 0 Å². The second-order valence-corrected chi connectivity index (χ2v) is 32.9. The van der Waals surface area contributed by atoms with Crippen molar-refractivity contribution in [3.05, 3.63) is 437 Å². The molecule has 0 bridgehead atoms. The minimum absolute atomic E-state index is 0.953. The molecule has 26 aromatic rings. The first-order chi connectivity index (χ1) is 61.5. The van der Waals surface area contributed by atoms with Gasteiger partial charge in [0.2, 0.25) is 0 Å². The highest BCUT2D eigenvalue weighted by Crippen LogP contribution is 2.49. The predicted octanol–water partition coefficient (Wildman–Crippen LogP) is 32.7. The Balaban J connectivity index is 0.000000136. The zero-order valence-corrected chi connectivity index (χ0v) is 67.4. The number of rotatable bonds is 8. The number of aromatic nitrogens is 4. The van der Waals surface area contributed by atoms with Gasteiger partial charge in [0, 0.05) is 57.5 Å². The van der Waals surface area contributed by atoms with Crippen molar-refractivity contribution in [2.24, 2.45) is 0 Å². The lowest BCUT2D eigenvalue weighted by molar-refractivity contribution is 1.33. The Morgan fingerprint density at radius 3 is 0.661 bits per heavy atom. The number of pyridine rings is 4. The van der Waals surface area contributed by atoms with Crippen molar-refractivity contribution >= 4 is 173 Å². The summed E-state index contributed by atoms with van der Waals surface area (Å²) in [5, 5.41) is 37.2. The van der Waals surface area contributed by atoms with Gasteiger partial charge in [-0.3, -0.25) is 9.97 Å². The second kappa shape index (κ2) is 28.7. The molecule has 26 rings (SSSR count). The van der Waals surface area contributed by atoms with Gasteiger partial charge in [0.15, 0.2) is 0 Å². The van der Waals surface area contributed by atoms with Gasteiger partial charge in [0.25, 0.3) is 0 Å². The summed E-state index contributed by atoms with van der Waals surface area (Å²) < 4.78 is 0. The minimum atomic E-state index is 0.953. The first kappa shape index (κ1) is 70.6. The molecule has 22 aromatic carbocycles. The Labute approximate surface area is 714 Å². The third-order valence-corrected chi connectivity index (χ3v) is 26.2. The summed E-state index contributed by atoms with van der Waals surface area (Å²) in [5.41, 5.74) is 20.0. The highest BCUT2D eigenvalue weighted by Gasteiger charge is 2.23. The average Bonchev–Trinajstić information content (AvgIpc) is 0.739. The Kier molecular flexibility index (Phi) is 16.3. The van der Waals surface area contributed by atoms with Crippen molar-refractivity contribution in [2.45, 2.75) is 0 Å². The molecular formula is C120H72N4. The maximum atomic E-state index is 5.64. The van der Waals surface area contributed by atoms with E-state index in [-0.39, 0.29) is 0 Å². The highest BCUT2D eigenvalue weighted by atomic mass is 14.7. The lowest BCUT2D eigenvalue weighted by Crippen LogP contribution is -1.94. The SMILES string of the molecule is c1ccc2c(c1)c(-c1ccc(-c3ccncc3)cc1)cc1c(-c3ccc4c5ccccc5c5ccccc5c4c3)cc(-c3ccc4c5ccccc5c5ccccc5c4c3)nc12.c1cncc(-c2ccc(-c3cc4c(-c5ccc6c7ccccc7c7ccccc7c6c5)cc(-c5ccc6c7ccccc7c7ccccc7c6c5)nc4c4ccccc34)cc2)c1. The fourth-order valence-corrected chi connectivity index (χ4v) is 20.4. The fraction of sp³-hybridized carbons (Fsp3) is 0. The zero-order valence-electron chi connectivity index (χ0n) is 67.4. The van der Waals surface area contributed by atoms with Gasteiger partial charge in [-0.05, 0) is 274 Å². The molecule has 0 spiro atoms. The van der Waals surface area contributed by atoms with Crippen LogP contribution in [-0.4, -0.2) is 19.9 Å². The fourth-order valence-electron chi connectivity index (χ4n) is 20.4. The topological polar surface area (TPSA) is 51.6 Å². The number of fused-ring (bicyclic) bond motifs is 30. The molecule has 4 heteroatoms. The second-order valence-electron chi connectivity index (χ2n) is 32.9. The lowest BCUT2D eigenvalue weighted by atomic mass is 9.88. The third-order valence-electron chi connectivity index (χ3n) is 26.2. The first-order valence-corrected chi connectivity index (χ1v) is 42.6. The van der Waals surface area contributed by atoms with Crippen LogP contribution in [0, 0.1) is 0 Å². The van der Waals surface area contributed by atoms with E-state index in [2.05, 4.69) is 416 Å². The smallest absolute Gasteiger partial charge is 0.0794 e. The molecule has 0 saturated carbocycles. The average molecular weight is 1570 g/mol. The highest BCUT2D eigenvalue weighted by molar-refractivity contribution is 6.31. The Hall–Kier alpha value is -16.4. The van der Waals surface area contributed by atoms with Crippen LogP contribution in [0.5, 0.6) is 0 Å². The zero-order chi connectivity index (χ0) is 81.5. The lowest BCUT2D eigenvalue weighted by Gasteiger charge is -2.17. The van der Waals surface area contributed by atoms with Gasteiger partial charge in [-0.15, -0.1) is 0 Å².